The Kier molecular flexibility index (Phi) is 10.0. The van der Waals surface area contributed by atoms with Crippen molar-refractivity contribution in [1.29, 1.82) is 0 Å². The number of ether oxygens (including phenoxy) is 1. The molecule has 0 saturated carbocycles. The van der Waals surface area contributed by atoms with Gasteiger partial charge in [-0.25, -0.2) is 17.6 Å². The molecule has 13 heteroatoms. The predicted molar refractivity (Wildman–Crippen MR) is 169 cm³/mol. The average molecular weight is 640 g/mol. The zero-order chi connectivity index (χ0) is 33.1. The summed E-state index contributed by atoms with van der Waals surface area (Å²) in [6.45, 7) is 3.48. The second-order valence-electron chi connectivity index (χ2n) is 11.3. The van der Waals surface area contributed by atoms with Crippen LogP contribution in [0.4, 0.5) is 20.6 Å². The van der Waals surface area contributed by atoms with E-state index in [9.17, 15) is 27.2 Å². The van der Waals surface area contributed by atoms with Crippen molar-refractivity contribution in [3.63, 3.8) is 0 Å². The third-order valence-electron chi connectivity index (χ3n) is 7.70. The van der Waals surface area contributed by atoms with Gasteiger partial charge in [0.2, 0.25) is 11.8 Å². The monoisotopic (exact) mass is 639 g/mol. The predicted octanol–water partition coefficient (Wildman–Crippen LogP) is 4.73. The van der Waals surface area contributed by atoms with Gasteiger partial charge in [-0.2, -0.15) is 0 Å². The van der Waals surface area contributed by atoms with Gasteiger partial charge in [0.05, 0.1) is 23.3 Å². The molecule has 11 nitrogen and oxygen atoms in total. The van der Waals surface area contributed by atoms with Gasteiger partial charge in [-0.1, -0.05) is 12.1 Å². The smallest absolute Gasteiger partial charge is 0.321 e. The van der Waals surface area contributed by atoms with E-state index in [1.165, 1.54) is 48.4 Å². The van der Waals surface area contributed by atoms with Gasteiger partial charge in [-0.15, -0.1) is 0 Å². The van der Waals surface area contributed by atoms with Crippen LogP contribution in [0.3, 0.4) is 0 Å². The normalized spacial score (nSPS) is 15.4. The van der Waals surface area contributed by atoms with Gasteiger partial charge < -0.3 is 30.9 Å². The number of nitrogens with one attached hydrogen (secondary N) is 2. The van der Waals surface area contributed by atoms with Gasteiger partial charge in [-0.05, 0) is 86.3 Å². The highest BCUT2D eigenvalue weighted by Crippen LogP contribution is 2.40. The minimum absolute atomic E-state index is 0.0643. The summed E-state index contributed by atoms with van der Waals surface area (Å²) in [7, 11) is 0.706. The Morgan fingerprint density at radius 2 is 1.78 bits per heavy atom. The molecular formula is C32H38FN5O6S. The van der Waals surface area contributed by atoms with Crippen LogP contribution in [0, 0.1) is 5.82 Å². The molecule has 0 aliphatic carbocycles. The number of benzene rings is 3. The summed E-state index contributed by atoms with van der Waals surface area (Å²) in [6, 6.07) is 12.9. The molecule has 2 atom stereocenters. The number of amides is 4. The topological polar surface area (TPSA) is 151 Å². The molecule has 4 N–H and O–H groups in total. The zero-order valence-electron chi connectivity index (χ0n) is 25.8. The van der Waals surface area contributed by atoms with E-state index in [1.807, 2.05) is 0 Å². The SMILES string of the molecule is COc1cc([C@H](Nc2cccc(C(N)=O)c2)C(=O)N2CCCC2c2cc(NC(=O)N(C)C)ccc2S(=O)(=O)C(C)C)ccc1F. The van der Waals surface area contributed by atoms with E-state index in [1.54, 1.807) is 57.1 Å². The first-order valence-electron chi connectivity index (χ1n) is 14.4. The number of nitrogens with zero attached hydrogens (tertiary/aromatic N) is 2. The van der Waals surface area contributed by atoms with Crippen molar-refractivity contribution >= 4 is 39.1 Å². The standard InChI is InChI=1S/C32H38FN5O6S/c1-19(2)45(42,43)28-14-12-23(36-32(41)37(3)4)18-24(28)26-10-7-15-38(26)31(40)29(20-11-13-25(33)27(17-20)44-5)35-22-9-6-8-21(16-22)30(34)39/h6,8-9,11-14,16-19,26,29,35H,7,10,15H2,1-5H3,(H2,34,39)(H,36,41)/t26?,29-/m0/s1. The molecule has 1 aliphatic heterocycles. The number of sulfone groups is 1. The summed E-state index contributed by atoms with van der Waals surface area (Å²) in [4.78, 5) is 41.8. The highest BCUT2D eigenvalue weighted by Gasteiger charge is 2.38. The van der Waals surface area contributed by atoms with Crippen LogP contribution < -0.4 is 21.1 Å². The maximum Gasteiger partial charge on any atom is 0.321 e. The van der Waals surface area contributed by atoms with E-state index in [2.05, 4.69) is 10.6 Å². The van der Waals surface area contributed by atoms with Gasteiger partial charge in [0.1, 0.15) is 6.04 Å². The molecule has 4 rings (SSSR count). The third kappa shape index (κ3) is 7.19. The third-order valence-corrected chi connectivity index (χ3v) is 9.93. The number of carbonyl (C=O) groups excluding carboxylic acids is 3. The Morgan fingerprint density at radius 3 is 2.42 bits per heavy atom. The number of anilines is 2. The highest BCUT2D eigenvalue weighted by molar-refractivity contribution is 7.92. The second-order valence-corrected chi connectivity index (χ2v) is 13.7. The molecule has 0 spiro atoms. The van der Waals surface area contributed by atoms with E-state index in [-0.39, 0.29) is 16.2 Å². The lowest BCUT2D eigenvalue weighted by Crippen LogP contribution is -2.38. The molecule has 3 aromatic rings. The molecule has 1 aliphatic rings. The number of urea groups is 1. The summed E-state index contributed by atoms with van der Waals surface area (Å²) >= 11 is 0. The van der Waals surface area contributed by atoms with Crippen LogP contribution in [-0.2, 0) is 14.6 Å². The van der Waals surface area contributed by atoms with Gasteiger partial charge in [0, 0.05) is 37.6 Å². The van der Waals surface area contributed by atoms with Crippen LogP contribution in [0.2, 0.25) is 0 Å². The van der Waals surface area contributed by atoms with Gasteiger partial charge >= 0.3 is 6.03 Å². The lowest BCUT2D eigenvalue weighted by Gasteiger charge is -2.32. The van der Waals surface area contributed by atoms with Gasteiger partial charge in [0.15, 0.2) is 21.4 Å². The first kappa shape index (κ1) is 33.2. The number of likely N-dealkylation sites (tertiary alicyclic amines) is 1. The Bertz CT molecular complexity index is 1710. The van der Waals surface area contributed by atoms with Crippen LogP contribution >= 0.6 is 0 Å². The lowest BCUT2D eigenvalue weighted by molar-refractivity contribution is -0.133. The lowest BCUT2D eigenvalue weighted by atomic mass is 10.0. The number of primary amides is 1. The van der Waals surface area contributed by atoms with Crippen LogP contribution in [-0.4, -0.2) is 69.1 Å². The zero-order valence-corrected chi connectivity index (χ0v) is 26.7. The molecule has 3 aromatic carbocycles. The van der Waals surface area contributed by atoms with Gasteiger partial charge in [-0.3, -0.25) is 9.59 Å². The van der Waals surface area contributed by atoms with Crippen LogP contribution in [0.15, 0.2) is 65.6 Å². The van der Waals surface area contributed by atoms with E-state index in [0.717, 1.165) is 0 Å². The number of hydrogen-bond donors (Lipinski definition) is 3. The maximum atomic E-state index is 14.5. The largest absolute Gasteiger partial charge is 0.494 e. The summed E-state index contributed by atoms with van der Waals surface area (Å²) in [6.07, 6.45) is 1.05. The van der Waals surface area contributed by atoms with E-state index in [0.29, 0.717) is 41.9 Å². The average Bonchev–Trinajstić information content (AvgIpc) is 3.50. The number of carbonyl (C=O) groups is 3. The molecule has 4 amide bonds. The Labute approximate surface area is 262 Å². The summed E-state index contributed by atoms with van der Waals surface area (Å²) in [5.41, 5.74) is 7.27. The summed E-state index contributed by atoms with van der Waals surface area (Å²) in [5.74, 6) is -1.73. The molecule has 1 fully saturated rings. The minimum Gasteiger partial charge on any atom is -0.494 e. The molecule has 1 unspecified atom stereocenters. The number of halogens is 1. The van der Waals surface area contributed by atoms with Crippen molar-refractivity contribution in [3.05, 3.63) is 83.2 Å². The Hall–Kier alpha value is -4.65. The van der Waals surface area contributed by atoms with Crippen LogP contribution in [0.5, 0.6) is 5.75 Å². The first-order chi connectivity index (χ1) is 21.2. The Balaban J connectivity index is 1.82. The van der Waals surface area contributed by atoms with Crippen LogP contribution in [0.1, 0.15) is 60.3 Å². The molecule has 240 valence electrons. The van der Waals surface area contributed by atoms with E-state index < -0.39 is 50.8 Å². The quantitative estimate of drug-likeness (QED) is 0.290. The van der Waals surface area contributed by atoms with Crippen molar-refractivity contribution in [1.82, 2.24) is 9.80 Å². The number of hydrogen-bond acceptors (Lipinski definition) is 7. The van der Waals surface area contributed by atoms with Crippen molar-refractivity contribution in [3.8, 4) is 5.75 Å². The van der Waals surface area contributed by atoms with Crippen molar-refractivity contribution in [2.24, 2.45) is 5.73 Å². The number of nitrogens with two attached hydrogens (primary N) is 1. The molecule has 1 saturated heterocycles. The number of methoxy groups -OCH3 is 1. The van der Waals surface area contributed by atoms with E-state index in [4.69, 9.17) is 10.5 Å². The fourth-order valence-corrected chi connectivity index (χ4v) is 6.52. The molecular weight excluding hydrogens is 601 g/mol. The molecule has 0 bridgehead atoms. The first-order valence-corrected chi connectivity index (χ1v) is 16.0. The summed E-state index contributed by atoms with van der Waals surface area (Å²) < 4.78 is 46.6. The van der Waals surface area contributed by atoms with Crippen molar-refractivity contribution < 1.29 is 31.9 Å². The number of rotatable bonds is 10. The van der Waals surface area contributed by atoms with Crippen molar-refractivity contribution in [2.75, 3.05) is 38.4 Å². The fraction of sp³-hybridized carbons (Fsp3) is 0.344. The van der Waals surface area contributed by atoms with Crippen molar-refractivity contribution in [2.45, 2.75) is 48.9 Å². The van der Waals surface area contributed by atoms with E-state index >= 15 is 0 Å². The second kappa shape index (κ2) is 13.6. The molecule has 0 aromatic heterocycles. The molecule has 1 heterocycles. The molecule has 0 radical (unpaired) electrons. The van der Waals surface area contributed by atoms with Crippen LogP contribution in [0.25, 0.3) is 0 Å². The Morgan fingerprint density at radius 1 is 1.04 bits per heavy atom. The highest BCUT2D eigenvalue weighted by atomic mass is 32.2. The fourth-order valence-electron chi connectivity index (χ4n) is 5.23. The minimum atomic E-state index is -3.78. The molecule has 45 heavy (non-hydrogen) atoms. The van der Waals surface area contributed by atoms with Gasteiger partial charge in [0.25, 0.3) is 0 Å². The maximum absolute atomic E-state index is 14.5. The summed E-state index contributed by atoms with van der Waals surface area (Å²) in [5, 5.41) is 5.19.